The molecule has 13 heavy (non-hydrogen) atoms. The molecule has 1 aromatic rings. The van der Waals surface area contributed by atoms with E-state index in [0.717, 1.165) is 13.0 Å². The molecule has 0 spiro atoms. The normalized spacial score (nSPS) is 22.3. The maximum atomic E-state index is 13.2. The molecule has 1 aromatic heterocycles. The number of rotatable bonds is 1. The smallest absolute Gasteiger partial charge is 0.165 e. The van der Waals surface area contributed by atoms with E-state index in [0.29, 0.717) is 12.4 Å². The molecule has 0 radical (unpaired) electrons. The third-order valence-corrected chi connectivity index (χ3v) is 2.26. The van der Waals surface area contributed by atoms with E-state index >= 15 is 0 Å². The zero-order chi connectivity index (χ0) is 9.26. The van der Waals surface area contributed by atoms with Gasteiger partial charge in [-0.1, -0.05) is 0 Å². The molecule has 0 bridgehead atoms. The van der Waals surface area contributed by atoms with Gasteiger partial charge in [0.15, 0.2) is 11.6 Å². The Kier molecular flexibility index (Phi) is 2.14. The van der Waals surface area contributed by atoms with Crippen molar-refractivity contribution < 1.29 is 4.39 Å². The first-order valence-corrected chi connectivity index (χ1v) is 4.38. The fraction of sp³-hybridized carbons (Fsp3) is 0.444. The zero-order valence-electron chi connectivity index (χ0n) is 7.28. The van der Waals surface area contributed by atoms with Crippen molar-refractivity contribution in [2.45, 2.75) is 12.5 Å². The number of halogens is 1. The van der Waals surface area contributed by atoms with Crippen LogP contribution in [0.5, 0.6) is 0 Å². The highest BCUT2D eigenvalue weighted by Crippen LogP contribution is 2.19. The van der Waals surface area contributed by atoms with E-state index < -0.39 is 0 Å². The van der Waals surface area contributed by atoms with Gasteiger partial charge in [0.2, 0.25) is 0 Å². The van der Waals surface area contributed by atoms with Crippen LogP contribution in [-0.4, -0.2) is 24.1 Å². The summed E-state index contributed by atoms with van der Waals surface area (Å²) in [5, 5.41) is 0. The van der Waals surface area contributed by atoms with Crippen LogP contribution in [0.4, 0.5) is 10.2 Å². The zero-order valence-corrected chi connectivity index (χ0v) is 7.28. The second-order valence-corrected chi connectivity index (χ2v) is 3.30. The predicted molar refractivity (Wildman–Crippen MR) is 49.0 cm³/mol. The molecule has 1 unspecified atom stereocenters. The topological polar surface area (TPSA) is 42.1 Å². The Morgan fingerprint density at radius 1 is 1.62 bits per heavy atom. The third kappa shape index (κ3) is 1.62. The predicted octanol–water partition coefficient (Wildman–Crippen LogP) is 0.758. The van der Waals surface area contributed by atoms with Gasteiger partial charge < -0.3 is 10.6 Å². The summed E-state index contributed by atoms with van der Waals surface area (Å²) in [6.07, 6.45) is 2.51. The van der Waals surface area contributed by atoms with E-state index in [9.17, 15) is 4.39 Å². The van der Waals surface area contributed by atoms with Crippen LogP contribution in [0.1, 0.15) is 6.42 Å². The molecule has 0 aromatic carbocycles. The summed E-state index contributed by atoms with van der Waals surface area (Å²) in [5.74, 6) is 0.159. The van der Waals surface area contributed by atoms with E-state index in [1.54, 1.807) is 12.3 Å². The van der Waals surface area contributed by atoms with E-state index in [-0.39, 0.29) is 11.9 Å². The van der Waals surface area contributed by atoms with Crippen LogP contribution in [0.15, 0.2) is 18.3 Å². The van der Waals surface area contributed by atoms with Gasteiger partial charge in [-0.15, -0.1) is 0 Å². The van der Waals surface area contributed by atoms with Crippen LogP contribution in [0, 0.1) is 5.82 Å². The van der Waals surface area contributed by atoms with Gasteiger partial charge in [0.25, 0.3) is 0 Å². The van der Waals surface area contributed by atoms with E-state index in [1.165, 1.54) is 6.07 Å². The van der Waals surface area contributed by atoms with Crippen molar-refractivity contribution in [3.8, 4) is 0 Å². The molecular weight excluding hydrogens is 169 g/mol. The van der Waals surface area contributed by atoms with Crippen molar-refractivity contribution in [3.63, 3.8) is 0 Å². The SMILES string of the molecule is NC1CCN(c2ncccc2F)C1. The van der Waals surface area contributed by atoms with Crippen LogP contribution in [0.25, 0.3) is 0 Å². The molecule has 1 atom stereocenters. The Bertz CT molecular complexity index is 303. The number of anilines is 1. The maximum Gasteiger partial charge on any atom is 0.165 e. The lowest BCUT2D eigenvalue weighted by molar-refractivity contribution is 0.615. The van der Waals surface area contributed by atoms with Gasteiger partial charge in [-0.3, -0.25) is 0 Å². The van der Waals surface area contributed by atoms with Crippen LogP contribution in [0.2, 0.25) is 0 Å². The Morgan fingerprint density at radius 2 is 2.46 bits per heavy atom. The summed E-state index contributed by atoms with van der Waals surface area (Å²) in [6, 6.07) is 3.17. The van der Waals surface area contributed by atoms with Gasteiger partial charge in [0.1, 0.15) is 0 Å². The maximum absolute atomic E-state index is 13.2. The van der Waals surface area contributed by atoms with Crippen molar-refractivity contribution in [2.24, 2.45) is 5.73 Å². The van der Waals surface area contributed by atoms with Crippen molar-refractivity contribution >= 4 is 5.82 Å². The Morgan fingerprint density at radius 3 is 3.08 bits per heavy atom. The van der Waals surface area contributed by atoms with Gasteiger partial charge in [-0.25, -0.2) is 9.37 Å². The summed E-state index contributed by atoms with van der Waals surface area (Å²) in [4.78, 5) is 5.88. The van der Waals surface area contributed by atoms with E-state index in [4.69, 9.17) is 5.73 Å². The summed E-state index contributed by atoms with van der Waals surface area (Å²) in [6.45, 7) is 1.50. The summed E-state index contributed by atoms with van der Waals surface area (Å²) >= 11 is 0. The number of nitrogens with two attached hydrogens (primary N) is 1. The second-order valence-electron chi connectivity index (χ2n) is 3.30. The first kappa shape index (κ1) is 8.44. The highest BCUT2D eigenvalue weighted by molar-refractivity contribution is 5.41. The number of nitrogens with zero attached hydrogens (tertiary/aromatic N) is 2. The van der Waals surface area contributed by atoms with Crippen LogP contribution < -0.4 is 10.6 Å². The molecule has 0 saturated carbocycles. The minimum absolute atomic E-state index is 0.154. The summed E-state index contributed by atoms with van der Waals surface area (Å²) < 4.78 is 13.2. The van der Waals surface area contributed by atoms with E-state index in [1.807, 2.05) is 4.90 Å². The molecule has 2 heterocycles. The van der Waals surface area contributed by atoms with Crippen molar-refractivity contribution in [1.82, 2.24) is 4.98 Å². The van der Waals surface area contributed by atoms with Gasteiger partial charge in [0.05, 0.1) is 0 Å². The fourth-order valence-electron chi connectivity index (χ4n) is 1.59. The van der Waals surface area contributed by atoms with Gasteiger partial charge in [-0.2, -0.15) is 0 Å². The third-order valence-electron chi connectivity index (χ3n) is 2.26. The standard InChI is InChI=1S/C9H12FN3/c10-8-2-1-4-12-9(8)13-5-3-7(11)6-13/h1-2,4,7H,3,5-6,11H2. The van der Waals surface area contributed by atoms with Gasteiger partial charge in [-0.05, 0) is 18.6 Å². The molecule has 0 aliphatic carbocycles. The molecule has 1 aliphatic rings. The van der Waals surface area contributed by atoms with E-state index in [2.05, 4.69) is 4.98 Å². The van der Waals surface area contributed by atoms with Crippen LogP contribution >= 0.6 is 0 Å². The second kappa shape index (κ2) is 3.30. The monoisotopic (exact) mass is 181 g/mol. The minimum atomic E-state index is -0.267. The largest absolute Gasteiger partial charge is 0.353 e. The summed E-state index contributed by atoms with van der Waals surface area (Å²) in [7, 11) is 0. The van der Waals surface area contributed by atoms with Gasteiger partial charge >= 0.3 is 0 Å². The molecule has 2 rings (SSSR count). The number of hydrogen-bond acceptors (Lipinski definition) is 3. The molecular formula is C9H12FN3. The Hall–Kier alpha value is -1.16. The molecule has 70 valence electrons. The van der Waals surface area contributed by atoms with Crippen molar-refractivity contribution in [2.75, 3.05) is 18.0 Å². The highest BCUT2D eigenvalue weighted by atomic mass is 19.1. The van der Waals surface area contributed by atoms with Crippen molar-refractivity contribution in [3.05, 3.63) is 24.1 Å². The molecule has 4 heteroatoms. The quantitative estimate of drug-likeness (QED) is 0.695. The lowest BCUT2D eigenvalue weighted by atomic mass is 10.3. The first-order chi connectivity index (χ1) is 6.27. The number of pyridine rings is 1. The fourth-order valence-corrected chi connectivity index (χ4v) is 1.59. The Labute approximate surface area is 76.4 Å². The average molecular weight is 181 g/mol. The molecule has 0 amide bonds. The van der Waals surface area contributed by atoms with Crippen LogP contribution in [-0.2, 0) is 0 Å². The molecule has 1 saturated heterocycles. The van der Waals surface area contributed by atoms with Gasteiger partial charge in [0, 0.05) is 25.3 Å². The van der Waals surface area contributed by atoms with Crippen LogP contribution in [0.3, 0.4) is 0 Å². The minimum Gasteiger partial charge on any atom is -0.353 e. The lowest BCUT2D eigenvalue weighted by Crippen LogP contribution is -2.27. The molecule has 2 N–H and O–H groups in total. The lowest BCUT2D eigenvalue weighted by Gasteiger charge is -2.16. The molecule has 1 fully saturated rings. The highest BCUT2D eigenvalue weighted by Gasteiger charge is 2.22. The summed E-state index contributed by atoms with van der Waals surface area (Å²) in [5.41, 5.74) is 5.72. The molecule has 1 aliphatic heterocycles. The van der Waals surface area contributed by atoms with Crippen molar-refractivity contribution in [1.29, 1.82) is 0 Å². The first-order valence-electron chi connectivity index (χ1n) is 4.38. The average Bonchev–Trinajstić information content (AvgIpc) is 2.53. The Balaban J connectivity index is 2.21. The number of aromatic nitrogens is 1. The number of hydrogen-bond donors (Lipinski definition) is 1. The molecule has 3 nitrogen and oxygen atoms in total.